The number of fused-ring (bicyclic) bond motifs is 1. The van der Waals surface area contributed by atoms with E-state index in [1.54, 1.807) is 7.11 Å². The molecular formula is C14H20N4O2. The van der Waals surface area contributed by atoms with Gasteiger partial charge in [0.15, 0.2) is 0 Å². The molecule has 0 spiro atoms. The largest absolute Gasteiger partial charge is 0.383 e. The van der Waals surface area contributed by atoms with Crippen LogP contribution in [-0.2, 0) is 16.0 Å². The molecule has 108 valence electrons. The molecule has 0 radical (unpaired) electrons. The Labute approximate surface area is 118 Å². The number of hydrogen-bond donors (Lipinski definition) is 2. The highest BCUT2D eigenvalue weighted by Gasteiger charge is 2.03. The second kappa shape index (κ2) is 7.62. The van der Waals surface area contributed by atoms with Gasteiger partial charge in [0.05, 0.1) is 18.8 Å². The molecule has 1 amide bonds. The SMILES string of the molecule is COCCNCC(=O)NCCc1cn2ccccc2n1. The van der Waals surface area contributed by atoms with E-state index < -0.39 is 0 Å². The third-order valence-electron chi connectivity index (χ3n) is 2.89. The molecule has 0 aliphatic heterocycles. The standard InChI is InChI=1S/C14H20N4O2/c1-20-9-7-15-10-14(19)16-6-5-12-11-18-8-3-2-4-13(18)17-12/h2-4,8,11,15H,5-7,9-10H2,1H3,(H,16,19). The summed E-state index contributed by atoms with van der Waals surface area (Å²) in [5, 5.41) is 5.86. The van der Waals surface area contributed by atoms with Crippen molar-refractivity contribution in [1.82, 2.24) is 20.0 Å². The van der Waals surface area contributed by atoms with E-state index in [2.05, 4.69) is 15.6 Å². The number of nitrogens with zero attached hydrogens (tertiary/aromatic N) is 2. The zero-order valence-corrected chi connectivity index (χ0v) is 11.6. The Morgan fingerprint density at radius 2 is 2.30 bits per heavy atom. The zero-order chi connectivity index (χ0) is 14.2. The molecule has 20 heavy (non-hydrogen) atoms. The van der Waals surface area contributed by atoms with Crippen LogP contribution in [0.2, 0.25) is 0 Å². The maximum absolute atomic E-state index is 11.5. The van der Waals surface area contributed by atoms with E-state index in [1.807, 2.05) is 35.0 Å². The third-order valence-corrected chi connectivity index (χ3v) is 2.89. The topological polar surface area (TPSA) is 67.7 Å². The average molecular weight is 276 g/mol. The predicted molar refractivity (Wildman–Crippen MR) is 76.7 cm³/mol. The van der Waals surface area contributed by atoms with Gasteiger partial charge in [-0.1, -0.05) is 6.07 Å². The molecule has 2 rings (SSSR count). The van der Waals surface area contributed by atoms with E-state index in [9.17, 15) is 4.79 Å². The van der Waals surface area contributed by atoms with E-state index in [4.69, 9.17) is 4.74 Å². The number of ether oxygens (including phenoxy) is 1. The Morgan fingerprint density at radius 3 is 3.10 bits per heavy atom. The van der Waals surface area contributed by atoms with Crippen LogP contribution in [0.3, 0.4) is 0 Å². The van der Waals surface area contributed by atoms with Gasteiger partial charge in [-0.25, -0.2) is 4.98 Å². The van der Waals surface area contributed by atoms with Gasteiger partial charge in [-0.15, -0.1) is 0 Å². The maximum atomic E-state index is 11.5. The van der Waals surface area contributed by atoms with Crippen LogP contribution in [0.15, 0.2) is 30.6 Å². The molecule has 6 nitrogen and oxygen atoms in total. The summed E-state index contributed by atoms with van der Waals surface area (Å²) in [7, 11) is 1.64. The molecule has 0 fully saturated rings. The van der Waals surface area contributed by atoms with Crippen LogP contribution in [0, 0.1) is 0 Å². The lowest BCUT2D eigenvalue weighted by Gasteiger charge is -2.05. The van der Waals surface area contributed by atoms with E-state index in [0.717, 1.165) is 17.8 Å². The maximum Gasteiger partial charge on any atom is 0.233 e. The summed E-state index contributed by atoms with van der Waals surface area (Å²) in [6, 6.07) is 5.88. The molecule has 0 saturated heterocycles. The van der Waals surface area contributed by atoms with Crippen molar-refractivity contribution in [2.24, 2.45) is 0 Å². The van der Waals surface area contributed by atoms with Crippen molar-refractivity contribution >= 4 is 11.6 Å². The Morgan fingerprint density at radius 1 is 1.40 bits per heavy atom. The molecule has 2 aromatic rings. The van der Waals surface area contributed by atoms with Crippen LogP contribution < -0.4 is 10.6 Å². The molecule has 0 aromatic carbocycles. The summed E-state index contributed by atoms with van der Waals surface area (Å²) in [5.74, 6) is -0.00938. The molecule has 2 N–H and O–H groups in total. The summed E-state index contributed by atoms with van der Waals surface area (Å²) in [6.45, 7) is 2.19. The number of methoxy groups -OCH3 is 1. The third kappa shape index (κ3) is 4.32. The van der Waals surface area contributed by atoms with Crippen molar-refractivity contribution in [2.75, 3.05) is 33.4 Å². The van der Waals surface area contributed by atoms with Gasteiger partial charge in [0.25, 0.3) is 0 Å². The number of pyridine rings is 1. The summed E-state index contributed by atoms with van der Waals surface area (Å²) in [4.78, 5) is 16.0. The molecular weight excluding hydrogens is 256 g/mol. The number of carbonyl (C=O) groups is 1. The lowest BCUT2D eigenvalue weighted by atomic mass is 10.3. The molecule has 2 heterocycles. The van der Waals surface area contributed by atoms with Gasteiger partial charge in [0.2, 0.25) is 5.91 Å². The minimum absolute atomic E-state index is 0.00938. The fourth-order valence-corrected chi connectivity index (χ4v) is 1.88. The number of imidazole rings is 1. The van der Waals surface area contributed by atoms with Crippen molar-refractivity contribution < 1.29 is 9.53 Å². The number of carbonyl (C=O) groups excluding carboxylic acids is 1. The normalized spacial score (nSPS) is 10.8. The fourth-order valence-electron chi connectivity index (χ4n) is 1.88. The number of rotatable bonds is 8. The fraction of sp³-hybridized carbons (Fsp3) is 0.429. The van der Waals surface area contributed by atoms with E-state index in [0.29, 0.717) is 26.2 Å². The van der Waals surface area contributed by atoms with Crippen molar-refractivity contribution in [3.05, 3.63) is 36.3 Å². The minimum Gasteiger partial charge on any atom is -0.383 e. The highest BCUT2D eigenvalue weighted by Crippen LogP contribution is 2.04. The van der Waals surface area contributed by atoms with Gasteiger partial charge in [0, 0.05) is 39.0 Å². The summed E-state index contributed by atoms with van der Waals surface area (Å²) in [6.07, 6.45) is 4.67. The summed E-state index contributed by atoms with van der Waals surface area (Å²) < 4.78 is 6.86. The van der Waals surface area contributed by atoms with Crippen LogP contribution in [0.25, 0.3) is 5.65 Å². The van der Waals surface area contributed by atoms with E-state index >= 15 is 0 Å². The first-order chi connectivity index (χ1) is 9.79. The monoisotopic (exact) mass is 276 g/mol. The summed E-state index contributed by atoms with van der Waals surface area (Å²) in [5.41, 5.74) is 1.90. The Balaban J connectivity index is 1.68. The predicted octanol–water partition coefficient (Wildman–Crippen LogP) is 0.229. The number of hydrogen-bond acceptors (Lipinski definition) is 4. The van der Waals surface area contributed by atoms with E-state index in [1.165, 1.54) is 0 Å². The van der Waals surface area contributed by atoms with Crippen LogP contribution in [0.4, 0.5) is 0 Å². The Bertz CT molecular complexity index is 520. The molecule has 0 unspecified atom stereocenters. The molecule has 0 saturated carbocycles. The quantitative estimate of drug-likeness (QED) is 0.677. The van der Waals surface area contributed by atoms with Crippen molar-refractivity contribution in [2.45, 2.75) is 6.42 Å². The second-order valence-corrected chi connectivity index (χ2v) is 4.47. The summed E-state index contributed by atoms with van der Waals surface area (Å²) >= 11 is 0. The number of nitrogens with one attached hydrogen (secondary N) is 2. The van der Waals surface area contributed by atoms with Gasteiger partial charge in [-0.3, -0.25) is 4.79 Å². The van der Waals surface area contributed by atoms with Crippen molar-refractivity contribution in [3.8, 4) is 0 Å². The van der Waals surface area contributed by atoms with Crippen LogP contribution >= 0.6 is 0 Å². The first-order valence-electron chi connectivity index (χ1n) is 6.68. The zero-order valence-electron chi connectivity index (χ0n) is 11.6. The highest BCUT2D eigenvalue weighted by molar-refractivity contribution is 5.77. The molecule has 0 aliphatic carbocycles. The Kier molecular flexibility index (Phi) is 5.52. The first kappa shape index (κ1) is 14.5. The van der Waals surface area contributed by atoms with Gasteiger partial charge in [-0.05, 0) is 12.1 Å². The molecule has 6 heteroatoms. The lowest BCUT2D eigenvalue weighted by Crippen LogP contribution is -2.36. The van der Waals surface area contributed by atoms with Gasteiger partial charge in [0.1, 0.15) is 5.65 Å². The number of aromatic nitrogens is 2. The second-order valence-electron chi connectivity index (χ2n) is 4.47. The molecule has 0 aliphatic rings. The highest BCUT2D eigenvalue weighted by atomic mass is 16.5. The van der Waals surface area contributed by atoms with Gasteiger partial charge >= 0.3 is 0 Å². The Hall–Kier alpha value is -1.92. The lowest BCUT2D eigenvalue weighted by molar-refractivity contribution is -0.120. The average Bonchev–Trinajstić information content (AvgIpc) is 2.86. The molecule has 2 aromatic heterocycles. The molecule has 0 bridgehead atoms. The van der Waals surface area contributed by atoms with Gasteiger partial charge < -0.3 is 19.8 Å². The van der Waals surface area contributed by atoms with Crippen LogP contribution in [0.1, 0.15) is 5.69 Å². The van der Waals surface area contributed by atoms with Gasteiger partial charge in [-0.2, -0.15) is 0 Å². The minimum atomic E-state index is -0.00938. The van der Waals surface area contributed by atoms with Crippen molar-refractivity contribution in [1.29, 1.82) is 0 Å². The number of amides is 1. The molecule has 0 atom stereocenters. The van der Waals surface area contributed by atoms with E-state index in [-0.39, 0.29) is 5.91 Å². The van der Waals surface area contributed by atoms with Crippen LogP contribution in [0.5, 0.6) is 0 Å². The smallest absolute Gasteiger partial charge is 0.233 e. The van der Waals surface area contributed by atoms with Crippen LogP contribution in [-0.4, -0.2) is 48.6 Å². The van der Waals surface area contributed by atoms with Crippen molar-refractivity contribution in [3.63, 3.8) is 0 Å². The first-order valence-corrected chi connectivity index (χ1v) is 6.68.